The highest BCUT2D eigenvalue weighted by atomic mass is 14.5. The Kier molecular flexibility index (Phi) is 6.99. The second-order valence-electron chi connectivity index (χ2n) is 5.08. The fourth-order valence-corrected chi connectivity index (χ4v) is 2.56. The van der Waals surface area contributed by atoms with Gasteiger partial charge >= 0.3 is 0 Å². The number of nitrogens with two attached hydrogens (primary N) is 2. The Morgan fingerprint density at radius 1 is 1.06 bits per heavy atom. The summed E-state index contributed by atoms with van der Waals surface area (Å²) >= 11 is 0. The van der Waals surface area contributed by atoms with Crippen molar-refractivity contribution in [1.82, 2.24) is 0 Å². The number of rotatable bonds is 8. The zero-order valence-electron chi connectivity index (χ0n) is 11.9. The maximum Gasteiger partial charge on any atom is 0.0180 e. The molecule has 0 bridgehead atoms. The topological polar surface area (TPSA) is 52.0 Å². The SMILES string of the molecule is CCCCC(CC)Cc1c(CN)cccc1CN. The van der Waals surface area contributed by atoms with Crippen LogP contribution in [0.4, 0.5) is 0 Å². The van der Waals surface area contributed by atoms with Crippen LogP contribution < -0.4 is 11.5 Å². The summed E-state index contributed by atoms with van der Waals surface area (Å²) in [4.78, 5) is 0. The highest BCUT2D eigenvalue weighted by Gasteiger charge is 2.12. The largest absolute Gasteiger partial charge is 0.326 e. The fraction of sp³-hybridized carbons (Fsp3) is 0.625. The van der Waals surface area contributed by atoms with E-state index in [0.29, 0.717) is 13.1 Å². The van der Waals surface area contributed by atoms with E-state index in [-0.39, 0.29) is 0 Å². The van der Waals surface area contributed by atoms with Gasteiger partial charge in [-0.05, 0) is 29.0 Å². The zero-order valence-corrected chi connectivity index (χ0v) is 11.9. The lowest BCUT2D eigenvalue weighted by molar-refractivity contribution is 0.446. The molecule has 0 saturated carbocycles. The predicted molar refractivity (Wildman–Crippen MR) is 79.2 cm³/mol. The maximum absolute atomic E-state index is 5.85. The molecule has 1 aromatic carbocycles. The van der Waals surface area contributed by atoms with Crippen molar-refractivity contribution >= 4 is 0 Å². The van der Waals surface area contributed by atoms with Gasteiger partial charge < -0.3 is 11.5 Å². The molecule has 18 heavy (non-hydrogen) atoms. The molecule has 1 aromatic rings. The number of hydrogen-bond donors (Lipinski definition) is 2. The van der Waals surface area contributed by atoms with Gasteiger partial charge in [-0.25, -0.2) is 0 Å². The summed E-state index contributed by atoms with van der Waals surface area (Å²) in [6.07, 6.45) is 6.29. The summed E-state index contributed by atoms with van der Waals surface area (Å²) in [5.74, 6) is 0.767. The van der Waals surface area contributed by atoms with Crippen LogP contribution in [0.25, 0.3) is 0 Å². The Morgan fingerprint density at radius 2 is 1.67 bits per heavy atom. The molecule has 0 aliphatic heterocycles. The molecule has 4 N–H and O–H groups in total. The first-order valence-electron chi connectivity index (χ1n) is 7.26. The van der Waals surface area contributed by atoms with Crippen LogP contribution in [0.15, 0.2) is 18.2 Å². The third-order valence-electron chi connectivity index (χ3n) is 3.85. The summed E-state index contributed by atoms with van der Waals surface area (Å²) in [5, 5.41) is 0. The lowest BCUT2D eigenvalue weighted by Crippen LogP contribution is -2.12. The quantitative estimate of drug-likeness (QED) is 0.741. The van der Waals surface area contributed by atoms with Crippen LogP contribution in [0, 0.1) is 5.92 Å². The van der Waals surface area contributed by atoms with Gasteiger partial charge in [-0.15, -0.1) is 0 Å². The second kappa shape index (κ2) is 8.28. The first-order valence-corrected chi connectivity index (χ1v) is 7.26. The van der Waals surface area contributed by atoms with Crippen molar-refractivity contribution in [3.63, 3.8) is 0 Å². The van der Waals surface area contributed by atoms with Crippen molar-refractivity contribution in [1.29, 1.82) is 0 Å². The van der Waals surface area contributed by atoms with Crippen LogP contribution in [-0.4, -0.2) is 0 Å². The van der Waals surface area contributed by atoms with E-state index in [1.807, 2.05) is 0 Å². The van der Waals surface area contributed by atoms with Crippen molar-refractivity contribution < 1.29 is 0 Å². The van der Waals surface area contributed by atoms with Gasteiger partial charge in [-0.1, -0.05) is 57.7 Å². The number of hydrogen-bond acceptors (Lipinski definition) is 2. The van der Waals surface area contributed by atoms with E-state index in [1.165, 1.54) is 42.4 Å². The van der Waals surface area contributed by atoms with E-state index in [1.54, 1.807) is 0 Å². The first-order chi connectivity index (χ1) is 8.76. The van der Waals surface area contributed by atoms with Gasteiger partial charge in [0.2, 0.25) is 0 Å². The summed E-state index contributed by atoms with van der Waals surface area (Å²) < 4.78 is 0. The van der Waals surface area contributed by atoms with E-state index < -0.39 is 0 Å². The van der Waals surface area contributed by atoms with Crippen molar-refractivity contribution in [2.45, 2.75) is 59.0 Å². The van der Waals surface area contributed by atoms with Crippen LogP contribution in [0.1, 0.15) is 56.2 Å². The summed E-state index contributed by atoms with van der Waals surface area (Å²) in [5.41, 5.74) is 15.7. The van der Waals surface area contributed by atoms with Crippen LogP contribution in [0.5, 0.6) is 0 Å². The molecule has 1 atom stereocenters. The maximum atomic E-state index is 5.85. The highest BCUT2D eigenvalue weighted by molar-refractivity contribution is 5.35. The van der Waals surface area contributed by atoms with Gasteiger partial charge in [0, 0.05) is 13.1 Å². The van der Waals surface area contributed by atoms with Crippen LogP contribution in [0.2, 0.25) is 0 Å². The minimum absolute atomic E-state index is 0.618. The number of unbranched alkanes of at least 4 members (excludes halogenated alkanes) is 1. The molecule has 0 radical (unpaired) electrons. The number of benzene rings is 1. The average Bonchev–Trinajstić information content (AvgIpc) is 2.43. The Balaban J connectivity index is 2.85. The van der Waals surface area contributed by atoms with Crippen molar-refractivity contribution in [2.24, 2.45) is 17.4 Å². The van der Waals surface area contributed by atoms with Crippen LogP contribution >= 0.6 is 0 Å². The average molecular weight is 248 g/mol. The Labute approximate surface area is 112 Å². The lowest BCUT2D eigenvalue weighted by Gasteiger charge is -2.19. The predicted octanol–water partition coefficient (Wildman–Crippen LogP) is 3.36. The van der Waals surface area contributed by atoms with Crippen molar-refractivity contribution in [3.05, 3.63) is 34.9 Å². The monoisotopic (exact) mass is 248 g/mol. The zero-order chi connectivity index (χ0) is 13.4. The fourth-order valence-electron chi connectivity index (χ4n) is 2.56. The molecule has 0 spiro atoms. The molecule has 0 aromatic heterocycles. The Hall–Kier alpha value is -0.860. The lowest BCUT2D eigenvalue weighted by atomic mass is 9.87. The third-order valence-corrected chi connectivity index (χ3v) is 3.85. The molecule has 0 amide bonds. The van der Waals surface area contributed by atoms with E-state index in [4.69, 9.17) is 11.5 Å². The normalized spacial score (nSPS) is 12.7. The second-order valence-corrected chi connectivity index (χ2v) is 5.08. The van der Waals surface area contributed by atoms with Gasteiger partial charge in [0.05, 0.1) is 0 Å². The molecule has 2 heteroatoms. The minimum atomic E-state index is 0.618. The molecule has 0 aliphatic rings. The van der Waals surface area contributed by atoms with E-state index >= 15 is 0 Å². The molecule has 0 aliphatic carbocycles. The molecule has 2 nitrogen and oxygen atoms in total. The molecule has 0 saturated heterocycles. The van der Waals surface area contributed by atoms with Gasteiger partial charge in [0.1, 0.15) is 0 Å². The van der Waals surface area contributed by atoms with E-state index in [9.17, 15) is 0 Å². The van der Waals surface area contributed by atoms with Crippen molar-refractivity contribution in [2.75, 3.05) is 0 Å². The van der Waals surface area contributed by atoms with Crippen LogP contribution in [-0.2, 0) is 19.5 Å². The Morgan fingerprint density at radius 3 is 2.11 bits per heavy atom. The summed E-state index contributed by atoms with van der Waals surface area (Å²) in [6.45, 7) is 5.78. The molecule has 1 rings (SSSR count). The van der Waals surface area contributed by atoms with E-state index in [2.05, 4.69) is 32.0 Å². The smallest absolute Gasteiger partial charge is 0.0180 e. The molecule has 0 heterocycles. The van der Waals surface area contributed by atoms with Gasteiger partial charge in [0.15, 0.2) is 0 Å². The van der Waals surface area contributed by atoms with Gasteiger partial charge in [-0.3, -0.25) is 0 Å². The molecular weight excluding hydrogens is 220 g/mol. The highest BCUT2D eigenvalue weighted by Crippen LogP contribution is 2.23. The minimum Gasteiger partial charge on any atom is -0.326 e. The molecule has 0 fully saturated rings. The standard InChI is InChI=1S/C16H28N2/c1-3-5-7-13(4-2)10-16-14(11-17)8-6-9-15(16)12-18/h6,8-9,13H,3-5,7,10-12,17-18H2,1-2H3. The van der Waals surface area contributed by atoms with Gasteiger partial charge in [-0.2, -0.15) is 0 Å². The molecular formula is C16H28N2. The third kappa shape index (κ3) is 4.11. The van der Waals surface area contributed by atoms with Crippen molar-refractivity contribution in [3.8, 4) is 0 Å². The summed E-state index contributed by atoms with van der Waals surface area (Å²) in [6, 6.07) is 6.35. The van der Waals surface area contributed by atoms with Gasteiger partial charge in [0.25, 0.3) is 0 Å². The molecule has 1 unspecified atom stereocenters. The van der Waals surface area contributed by atoms with E-state index in [0.717, 1.165) is 12.3 Å². The Bertz CT molecular complexity index is 325. The molecule has 102 valence electrons. The first kappa shape index (κ1) is 15.2. The summed E-state index contributed by atoms with van der Waals surface area (Å²) in [7, 11) is 0. The van der Waals surface area contributed by atoms with Crippen LogP contribution in [0.3, 0.4) is 0 Å².